The molecule has 1 heterocycles. The Labute approximate surface area is 121 Å². The summed E-state index contributed by atoms with van der Waals surface area (Å²) in [6.45, 7) is 0.633. The fourth-order valence-corrected chi connectivity index (χ4v) is 3.05. The summed E-state index contributed by atoms with van der Waals surface area (Å²) in [4.78, 5) is 11.3. The van der Waals surface area contributed by atoms with Crippen molar-refractivity contribution >= 4 is 50.2 Å². The number of benzene rings is 1. The molecule has 0 amide bonds. The number of hydrogen-bond acceptors (Lipinski definition) is 4. The lowest BCUT2D eigenvalue weighted by atomic mass is 10.3. The molecule has 0 saturated heterocycles. The Morgan fingerprint density at radius 2 is 2.17 bits per heavy atom. The lowest BCUT2D eigenvalue weighted by Crippen LogP contribution is -1.98. The highest BCUT2D eigenvalue weighted by molar-refractivity contribution is 9.11. The van der Waals surface area contributed by atoms with Crippen LogP contribution in [-0.2, 0) is 6.54 Å². The van der Waals surface area contributed by atoms with Gasteiger partial charge in [0.25, 0.3) is 5.69 Å². The van der Waals surface area contributed by atoms with Gasteiger partial charge in [-0.1, -0.05) is 11.6 Å². The minimum atomic E-state index is -0.466. The highest BCUT2D eigenvalue weighted by atomic mass is 79.9. The van der Waals surface area contributed by atoms with Crippen molar-refractivity contribution in [2.24, 2.45) is 0 Å². The van der Waals surface area contributed by atoms with Crippen molar-refractivity contribution in [3.63, 3.8) is 0 Å². The Hall–Kier alpha value is -1.11. The lowest BCUT2D eigenvalue weighted by Gasteiger charge is -2.06. The van der Waals surface area contributed by atoms with Gasteiger partial charge in [-0.2, -0.15) is 0 Å². The molecule has 0 fully saturated rings. The summed E-state index contributed by atoms with van der Waals surface area (Å²) >= 11 is 11.0. The lowest BCUT2D eigenvalue weighted by molar-refractivity contribution is -0.384. The van der Waals surface area contributed by atoms with Crippen LogP contribution in [0.5, 0.6) is 0 Å². The van der Waals surface area contributed by atoms with Crippen LogP contribution in [0.4, 0.5) is 11.4 Å². The number of rotatable bonds is 4. The molecule has 0 aliphatic rings. The summed E-state index contributed by atoms with van der Waals surface area (Å²) in [5.74, 6) is 0. The minimum Gasteiger partial charge on any atom is -0.379 e. The smallest absolute Gasteiger partial charge is 0.271 e. The molecule has 0 atom stereocenters. The highest BCUT2D eigenvalue weighted by Gasteiger charge is 2.09. The second-order valence-electron chi connectivity index (χ2n) is 3.48. The maximum atomic E-state index is 10.6. The van der Waals surface area contributed by atoms with E-state index < -0.39 is 4.92 Å². The molecule has 0 saturated carbocycles. The van der Waals surface area contributed by atoms with Crippen molar-refractivity contribution in [2.75, 3.05) is 5.32 Å². The number of halogens is 2. The number of nitro benzene ring substituents is 1. The Bertz CT molecular complexity index is 588. The van der Waals surface area contributed by atoms with Crippen molar-refractivity contribution in [2.45, 2.75) is 6.54 Å². The van der Waals surface area contributed by atoms with Gasteiger partial charge >= 0.3 is 0 Å². The van der Waals surface area contributed by atoms with Gasteiger partial charge in [0.05, 0.1) is 19.4 Å². The van der Waals surface area contributed by atoms with Crippen molar-refractivity contribution in [1.29, 1.82) is 0 Å². The van der Waals surface area contributed by atoms with Gasteiger partial charge in [0.2, 0.25) is 0 Å². The van der Waals surface area contributed by atoms with E-state index in [2.05, 4.69) is 21.2 Å². The molecule has 1 aromatic heterocycles. The number of anilines is 1. The summed E-state index contributed by atoms with van der Waals surface area (Å²) in [5, 5.41) is 14.1. The van der Waals surface area contributed by atoms with Crippen molar-refractivity contribution in [1.82, 2.24) is 0 Å². The van der Waals surface area contributed by atoms with E-state index >= 15 is 0 Å². The molecule has 7 heteroatoms. The molecular weight excluding hydrogens is 340 g/mol. The predicted octanol–water partition coefficient (Wildman–Crippen LogP) is 4.68. The van der Waals surface area contributed by atoms with Crippen LogP contribution in [0.25, 0.3) is 0 Å². The number of nitrogens with zero attached hydrogens (tertiary/aromatic N) is 1. The van der Waals surface area contributed by atoms with Crippen LogP contribution >= 0.6 is 38.9 Å². The molecular formula is C11H8BrClN2O2S. The Morgan fingerprint density at radius 1 is 1.39 bits per heavy atom. The summed E-state index contributed by atoms with van der Waals surface area (Å²) < 4.78 is 1.06. The van der Waals surface area contributed by atoms with Crippen LogP contribution in [0, 0.1) is 10.1 Å². The highest BCUT2D eigenvalue weighted by Crippen LogP contribution is 2.28. The third-order valence-corrected chi connectivity index (χ3v) is 4.18. The molecule has 0 radical (unpaired) electrons. The quantitative estimate of drug-likeness (QED) is 0.645. The monoisotopic (exact) mass is 346 g/mol. The van der Waals surface area contributed by atoms with Crippen molar-refractivity contribution in [3.05, 3.63) is 54.1 Å². The van der Waals surface area contributed by atoms with Crippen LogP contribution in [-0.4, -0.2) is 4.92 Å². The average Bonchev–Trinajstić information content (AvgIpc) is 2.73. The molecule has 2 rings (SSSR count). The molecule has 94 valence electrons. The van der Waals surface area contributed by atoms with E-state index in [1.807, 2.05) is 12.1 Å². The van der Waals surface area contributed by atoms with Gasteiger partial charge < -0.3 is 5.32 Å². The second kappa shape index (κ2) is 5.69. The summed E-state index contributed by atoms with van der Waals surface area (Å²) in [7, 11) is 0. The topological polar surface area (TPSA) is 55.2 Å². The zero-order valence-electron chi connectivity index (χ0n) is 9.02. The zero-order chi connectivity index (χ0) is 13.1. The van der Waals surface area contributed by atoms with E-state index in [-0.39, 0.29) is 5.69 Å². The molecule has 1 aromatic carbocycles. The van der Waals surface area contributed by atoms with Crippen LogP contribution in [0.15, 0.2) is 34.1 Å². The molecule has 0 spiro atoms. The number of hydrogen-bond donors (Lipinski definition) is 1. The van der Waals surface area contributed by atoms with Crippen LogP contribution in [0.1, 0.15) is 4.88 Å². The second-order valence-corrected chi connectivity index (χ2v) is 6.44. The van der Waals surface area contributed by atoms with E-state index in [1.165, 1.54) is 12.1 Å². The van der Waals surface area contributed by atoms with Gasteiger partial charge in [0, 0.05) is 23.6 Å². The number of thiophene rings is 1. The van der Waals surface area contributed by atoms with E-state index in [1.54, 1.807) is 17.4 Å². The van der Waals surface area contributed by atoms with Crippen LogP contribution < -0.4 is 5.32 Å². The van der Waals surface area contributed by atoms with Crippen LogP contribution in [0.2, 0.25) is 5.02 Å². The van der Waals surface area contributed by atoms with Gasteiger partial charge in [-0.15, -0.1) is 11.3 Å². The molecule has 18 heavy (non-hydrogen) atoms. The Balaban J connectivity index is 2.08. The molecule has 0 aliphatic heterocycles. The van der Waals surface area contributed by atoms with Gasteiger partial charge in [-0.3, -0.25) is 10.1 Å². The SMILES string of the molecule is O=[N+]([O-])c1ccc(NCc2ccc(Br)s2)c(Cl)c1. The third-order valence-electron chi connectivity index (χ3n) is 2.25. The van der Waals surface area contributed by atoms with Gasteiger partial charge in [0.1, 0.15) is 0 Å². The standard InChI is InChI=1S/C11H8BrClN2O2S/c12-11-4-2-8(18-11)6-14-10-3-1-7(15(16)17)5-9(10)13/h1-5,14H,6H2. The first kappa shape index (κ1) is 13.3. The summed E-state index contributed by atoms with van der Waals surface area (Å²) in [6, 6.07) is 8.36. The zero-order valence-corrected chi connectivity index (χ0v) is 12.2. The van der Waals surface area contributed by atoms with E-state index in [0.29, 0.717) is 17.3 Å². The average molecular weight is 348 g/mol. The summed E-state index contributed by atoms with van der Waals surface area (Å²) in [6.07, 6.45) is 0. The Morgan fingerprint density at radius 3 is 2.72 bits per heavy atom. The maximum Gasteiger partial charge on any atom is 0.271 e. The van der Waals surface area contributed by atoms with Gasteiger partial charge in [-0.25, -0.2) is 0 Å². The van der Waals surface area contributed by atoms with Crippen molar-refractivity contribution < 1.29 is 4.92 Å². The Kier molecular flexibility index (Phi) is 4.21. The molecule has 0 unspecified atom stereocenters. The predicted molar refractivity (Wildman–Crippen MR) is 77.5 cm³/mol. The summed E-state index contributed by atoms with van der Waals surface area (Å²) in [5.41, 5.74) is 0.677. The van der Waals surface area contributed by atoms with E-state index in [9.17, 15) is 10.1 Å². The minimum absolute atomic E-state index is 0.00980. The largest absolute Gasteiger partial charge is 0.379 e. The van der Waals surface area contributed by atoms with Gasteiger partial charge in [-0.05, 0) is 34.1 Å². The van der Waals surface area contributed by atoms with Crippen molar-refractivity contribution in [3.8, 4) is 0 Å². The number of non-ortho nitro benzene ring substituents is 1. The van der Waals surface area contributed by atoms with Gasteiger partial charge in [0.15, 0.2) is 0 Å². The van der Waals surface area contributed by atoms with Crippen LogP contribution in [0.3, 0.4) is 0 Å². The van der Waals surface area contributed by atoms with E-state index in [0.717, 1.165) is 8.66 Å². The number of nitrogens with one attached hydrogen (secondary N) is 1. The third kappa shape index (κ3) is 3.22. The fraction of sp³-hybridized carbons (Fsp3) is 0.0909. The molecule has 1 N–H and O–H groups in total. The molecule has 2 aromatic rings. The fourth-order valence-electron chi connectivity index (χ4n) is 1.39. The first-order valence-corrected chi connectivity index (χ1v) is 6.97. The first-order chi connectivity index (χ1) is 8.56. The molecule has 0 bridgehead atoms. The molecule has 4 nitrogen and oxygen atoms in total. The van der Waals surface area contributed by atoms with E-state index in [4.69, 9.17) is 11.6 Å². The number of nitro groups is 1. The molecule has 0 aliphatic carbocycles. The maximum absolute atomic E-state index is 10.6. The normalized spacial score (nSPS) is 10.3. The first-order valence-electron chi connectivity index (χ1n) is 4.98.